The third-order valence-electron chi connectivity index (χ3n) is 4.66. The van der Waals surface area contributed by atoms with E-state index in [9.17, 15) is 14.4 Å². The zero-order chi connectivity index (χ0) is 20.3. The number of ketones is 1. The van der Waals surface area contributed by atoms with Gasteiger partial charge in [0.1, 0.15) is 6.61 Å². The molecular formula is C22H21NO5. The molecule has 1 aromatic heterocycles. The van der Waals surface area contributed by atoms with Crippen LogP contribution in [0.1, 0.15) is 44.6 Å². The number of aromatic nitrogens is 1. The van der Waals surface area contributed by atoms with Gasteiger partial charge < -0.3 is 14.5 Å². The van der Waals surface area contributed by atoms with Crippen molar-refractivity contribution in [3.8, 4) is 0 Å². The highest BCUT2D eigenvalue weighted by molar-refractivity contribution is 6.01. The van der Waals surface area contributed by atoms with Crippen molar-refractivity contribution in [3.63, 3.8) is 0 Å². The number of hydrogen-bond donors (Lipinski definition) is 1. The Balaban J connectivity index is 1.79. The molecule has 28 heavy (non-hydrogen) atoms. The second kappa shape index (κ2) is 8.08. The molecule has 6 nitrogen and oxygen atoms in total. The number of hydrogen-bond acceptors (Lipinski definition) is 5. The van der Waals surface area contributed by atoms with Gasteiger partial charge in [-0.05, 0) is 28.8 Å². The highest BCUT2D eigenvalue weighted by Crippen LogP contribution is 2.22. The average molecular weight is 379 g/mol. The molecule has 1 N–H and O–H groups in total. The summed E-state index contributed by atoms with van der Waals surface area (Å²) in [6.45, 7) is 3.15. The van der Waals surface area contributed by atoms with Crippen LogP contribution < -0.4 is 0 Å². The van der Waals surface area contributed by atoms with Gasteiger partial charge in [-0.1, -0.05) is 42.5 Å². The predicted molar refractivity (Wildman–Crippen MR) is 104 cm³/mol. The first-order valence-corrected chi connectivity index (χ1v) is 8.85. The number of methoxy groups -OCH3 is 1. The number of benzene rings is 2. The van der Waals surface area contributed by atoms with Crippen LogP contribution in [-0.2, 0) is 27.3 Å². The van der Waals surface area contributed by atoms with Crippen molar-refractivity contribution in [2.45, 2.75) is 26.9 Å². The monoisotopic (exact) mass is 379 g/mol. The summed E-state index contributed by atoms with van der Waals surface area (Å²) in [6, 6.07) is 13.7. The molecule has 3 aromatic rings. The number of nitrogens with one attached hydrogen (secondary N) is 1. The molecule has 3 rings (SSSR count). The van der Waals surface area contributed by atoms with Gasteiger partial charge in [0.05, 0.1) is 24.8 Å². The van der Waals surface area contributed by atoms with E-state index >= 15 is 0 Å². The standard InChI is InChI=1S/C22H21NO5/c1-13-20(22(26)27-3)18(23-21(13)14(2)24)11-19(25)28-12-16-9-6-8-15-7-4-5-10-17(15)16/h4-10,23H,11-12H2,1-3H3. The Labute approximate surface area is 162 Å². The van der Waals surface area contributed by atoms with E-state index in [-0.39, 0.29) is 30.1 Å². The van der Waals surface area contributed by atoms with E-state index in [0.29, 0.717) is 11.3 Å². The lowest BCUT2D eigenvalue weighted by atomic mass is 10.1. The molecule has 0 aliphatic heterocycles. The fraction of sp³-hybridized carbons (Fsp3) is 0.227. The Kier molecular flexibility index (Phi) is 5.59. The van der Waals surface area contributed by atoms with Gasteiger partial charge in [0.15, 0.2) is 5.78 Å². The Morgan fingerprint density at radius 2 is 1.75 bits per heavy atom. The molecule has 0 unspecified atom stereocenters. The second-order valence-corrected chi connectivity index (χ2v) is 6.50. The van der Waals surface area contributed by atoms with Crippen LogP contribution in [0.25, 0.3) is 10.8 Å². The lowest BCUT2D eigenvalue weighted by molar-refractivity contribution is -0.144. The molecule has 6 heteroatoms. The maximum absolute atomic E-state index is 12.4. The first-order chi connectivity index (χ1) is 13.4. The summed E-state index contributed by atoms with van der Waals surface area (Å²) in [7, 11) is 1.25. The third kappa shape index (κ3) is 3.81. The molecule has 0 aliphatic carbocycles. The largest absolute Gasteiger partial charge is 0.465 e. The maximum Gasteiger partial charge on any atom is 0.339 e. The van der Waals surface area contributed by atoms with Crippen LogP contribution in [0.4, 0.5) is 0 Å². The van der Waals surface area contributed by atoms with Gasteiger partial charge >= 0.3 is 11.9 Å². The summed E-state index contributed by atoms with van der Waals surface area (Å²) < 4.78 is 10.2. The number of H-pyrrole nitrogens is 1. The number of fused-ring (bicyclic) bond motifs is 1. The van der Waals surface area contributed by atoms with E-state index in [1.807, 2.05) is 42.5 Å². The van der Waals surface area contributed by atoms with Gasteiger partial charge in [0.25, 0.3) is 0 Å². The number of carbonyl (C=O) groups is 3. The highest BCUT2D eigenvalue weighted by Gasteiger charge is 2.24. The molecule has 0 spiro atoms. The molecule has 0 bridgehead atoms. The molecule has 2 aromatic carbocycles. The highest BCUT2D eigenvalue weighted by atomic mass is 16.5. The molecule has 0 aliphatic rings. The minimum Gasteiger partial charge on any atom is -0.465 e. The minimum absolute atomic E-state index is 0.118. The topological polar surface area (TPSA) is 85.5 Å². The first-order valence-electron chi connectivity index (χ1n) is 8.85. The van der Waals surface area contributed by atoms with Crippen molar-refractivity contribution >= 4 is 28.5 Å². The third-order valence-corrected chi connectivity index (χ3v) is 4.66. The van der Waals surface area contributed by atoms with E-state index in [4.69, 9.17) is 9.47 Å². The minimum atomic E-state index is -0.599. The number of ether oxygens (including phenoxy) is 2. The summed E-state index contributed by atoms with van der Waals surface area (Å²) >= 11 is 0. The molecule has 144 valence electrons. The lowest BCUT2D eigenvalue weighted by Gasteiger charge is -2.08. The van der Waals surface area contributed by atoms with Crippen molar-refractivity contribution in [3.05, 3.63) is 70.5 Å². The fourth-order valence-corrected chi connectivity index (χ4v) is 3.29. The lowest BCUT2D eigenvalue weighted by Crippen LogP contribution is -2.12. The van der Waals surface area contributed by atoms with E-state index in [2.05, 4.69) is 4.98 Å². The van der Waals surface area contributed by atoms with Crippen LogP contribution in [0.3, 0.4) is 0 Å². The van der Waals surface area contributed by atoms with Crippen molar-refractivity contribution in [1.82, 2.24) is 4.98 Å². The number of esters is 2. The molecule has 0 fully saturated rings. The van der Waals surface area contributed by atoms with Crippen LogP contribution in [0.5, 0.6) is 0 Å². The zero-order valence-electron chi connectivity index (χ0n) is 16.0. The summed E-state index contributed by atoms with van der Waals surface area (Å²) in [5.74, 6) is -1.33. The quantitative estimate of drug-likeness (QED) is 0.521. The predicted octanol–water partition coefficient (Wildman–Crippen LogP) is 3.75. The Hall–Kier alpha value is -3.41. The first kappa shape index (κ1) is 19.4. The molecular weight excluding hydrogens is 358 g/mol. The molecule has 0 amide bonds. The van der Waals surface area contributed by atoms with Crippen LogP contribution in [0.15, 0.2) is 42.5 Å². The number of aromatic amines is 1. The normalized spacial score (nSPS) is 10.7. The van der Waals surface area contributed by atoms with Gasteiger partial charge in [-0.25, -0.2) is 4.79 Å². The van der Waals surface area contributed by atoms with Crippen molar-refractivity contribution in [1.29, 1.82) is 0 Å². The second-order valence-electron chi connectivity index (χ2n) is 6.50. The van der Waals surface area contributed by atoms with E-state index in [0.717, 1.165) is 16.3 Å². The molecule has 0 saturated heterocycles. The van der Waals surface area contributed by atoms with Crippen LogP contribution in [0, 0.1) is 6.92 Å². The molecule has 1 heterocycles. The van der Waals surface area contributed by atoms with Gasteiger partial charge in [-0.2, -0.15) is 0 Å². The number of carbonyl (C=O) groups excluding carboxylic acids is 3. The smallest absolute Gasteiger partial charge is 0.339 e. The van der Waals surface area contributed by atoms with Crippen molar-refractivity contribution in [2.24, 2.45) is 0 Å². The molecule has 0 atom stereocenters. The summed E-state index contributed by atoms with van der Waals surface area (Å²) in [5.41, 5.74) is 2.17. The van der Waals surface area contributed by atoms with Gasteiger partial charge in [-0.3, -0.25) is 9.59 Å². The van der Waals surface area contributed by atoms with Gasteiger partial charge in [0, 0.05) is 12.6 Å². The fourth-order valence-electron chi connectivity index (χ4n) is 3.29. The molecule has 0 radical (unpaired) electrons. The van der Waals surface area contributed by atoms with E-state index in [1.165, 1.54) is 14.0 Å². The SMILES string of the molecule is COC(=O)c1c(CC(=O)OCc2cccc3ccccc23)[nH]c(C(C)=O)c1C. The average Bonchev–Trinajstić information content (AvgIpc) is 3.01. The van der Waals surface area contributed by atoms with Gasteiger partial charge in [0.2, 0.25) is 0 Å². The Morgan fingerprint density at radius 1 is 1.04 bits per heavy atom. The van der Waals surface area contributed by atoms with E-state index in [1.54, 1.807) is 6.92 Å². The van der Waals surface area contributed by atoms with Crippen LogP contribution in [-0.4, -0.2) is 29.8 Å². The summed E-state index contributed by atoms with van der Waals surface area (Å²) in [6.07, 6.45) is -0.163. The summed E-state index contributed by atoms with van der Waals surface area (Å²) in [4.78, 5) is 39.1. The van der Waals surface area contributed by atoms with Crippen LogP contribution in [0.2, 0.25) is 0 Å². The maximum atomic E-state index is 12.4. The van der Waals surface area contributed by atoms with Crippen molar-refractivity contribution in [2.75, 3.05) is 7.11 Å². The van der Waals surface area contributed by atoms with Gasteiger partial charge in [-0.15, -0.1) is 0 Å². The molecule has 0 saturated carbocycles. The van der Waals surface area contributed by atoms with Crippen molar-refractivity contribution < 1.29 is 23.9 Å². The summed E-state index contributed by atoms with van der Waals surface area (Å²) in [5, 5.41) is 2.08. The number of Topliss-reactive ketones (excluding diaryl/α,β-unsaturated/α-hetero) is 1. The zero-order valence-corrected chi connectivity index (χ0v) is 16.0. The van der Waals surface area contributed by atoms with E-state index < -0.39 is 11.9 Å². The Bertz CT molecular complexity index is 1060. The Morgan fingerprint density at radius 3 is 2.46 bits per heavy atom. The van der Waals surface area contributed by atoms with Crippen LogP contribution >= 0.6 is 0 Å². The number of rotatable bonds is 6.